The number of hydrogen-bond acceptors (Lipinski definition) is 0. The summed E-state index contributed by atoms with van der Waals surface area (Å²) in [7, 11) is 0. The molecule has 1 rings (SSSR count). The Bertz CT molecular complexity index is 358. The molecular weight excluding hydrogens is 144 g/mol. The average molecular weight is 160 g/mol. The molecule has 0 bridgehead atoms. The van der Waals surface area contributed by atoms with E-state index in [9.17, 15) is 0 Å². The maximum absolute atomic E-state index is 3.92. The summed E-state index contributed by atoms with van der Waals surface area (Å²) in [6.07, 6.45) is 3.77. The fourth-order valence-electron chi connectivity index (χ4n) is 1.10. The smallest absolute Gasteiger partial charge is 0.0161 e. The van der Waals surface area contributed by atoms with Gasteiger partial charge >= 0.3 is 0 Å². The minimum absolute atomic E-state index is 0. The van der Waals surface area contributed by atoms with E-state index in [1.54, 1.807) is 6.08 Å². The molecule has 0 spiro atoms. The van der Waals surface area contributed by atoms with Crippen LogP contribution >= 0.6 is 0 Å². The van der Waals surface area contributed by atoms with E-state index >= 15 is 0 Å². The van der Waals surface area contributed by atoms with Crippen molar-refractivity contribution >= 4 is 12.7 Å². The lowest BCUT2D eigenvalue weighted by molar-refractivity contribution is 1.38. The first-order valence-electron chi connectivity index (χ1n) is 3.63. The molecule has 0 radical (unpaired) electrons. The Morgan fingerprint density at radius 2 is 2.00 bits per heavy atom. The quantitative estimate of drug-likeness (QED) is 0.589. The second-order valence-corrected chi connectivity index (χ2v) is 2.55. The lowest BCUT2D eigenvalue weighted by Crippen LogP contribution is -2.24. The molecule has 0 amide bonds. The molecular formula is C12H16. The Balaban J connectivity index is 0.00000121. The molecule has 0 fully saturated rings. The predicted molar refractivity (Wildman–Crippen MR) is 57.3 cm³/mol. The third-order valence-corrected chi connectivity index (χ3v) is 1.70. The van der Waals surface area contributed by atoms with Crippen LogP contribution in [0.25, 0.3) is 12.7 Å². The lowest BCUT2D eigenvalue weighted by atomic mass is 10.1. The van der Waals surface area contributed by atoms with Gasteiger partial charge in [0.25, 0.3) is 0 Å². The second-order valence-electron chi connectivity index (χ2n) is 2.55. The van der Waals surface area contributed by atoms with E-state index in [4.69, 9.17) is 0 Å². The van der Waals surface area contributed by atoms with E-state index in [0.717, 1.165) is 5.22 Å². The highest BCUT2D eigenvalue weighted by Gasteiger charge is 1.85. The Hall–Kier alpha value is -1.30. The zero-order valence-corrected chi connectivity index (χ0v) is 6.80. The van der Waals surface area contributed by atoms with Crippen molar-refractivity contribution in [3.63, 3.8) is 0 Å². The van der Waals surface area contributed by atoms with Crippen LogP contribution in [-0.2, 0) is 0 Å². The summed E-state index contributed by atoms with van der Waals surface area (Å²) < 4.78 is 0. The minimum Gasteiger partial charge on any atom is -0.0990 e. The highest BCUT2D eigenvalue weighted by atomic mass is 13.9. The summed E-state index contributed by atoms with van der Waals surface area (Å²) in [5.74, 6) is 0. The van der Waals surface area contributed by atoms with Gasteiger partial charge in [-0.15, -0.1) is 0 Å². The summed E-state index contributed by atoms with van der Waals surface area (Å²) in [5, 5.41) is 2.24. The zero-order valence-electron chi connectivity index (χ0n) is 6.80. The van der Waals surface area contributed by atoms with Gasteiger partial charge in [-0.1, -0.05) is 50.9 Å². The molecule has 1 aromatic carbocycles. The topological polar surface area (TPSA) is 0 Å². The normalized spacial score (nSPS) is 10.6. The van der Waals surface area contributed by atoms with Gasteiger partial charge in [-0.3, -0.25) is 0 Å². The molecule has 0 aliphatic rings. The molecule has 0 N–H and O–H groups in total. The molecule has 0 aromatic heterocycles. The molecule has 0 unspecified atom stereocenters. The molecule has 1 aromatic rings. The molecule has 0 heteroatoms. The minimum atomic E-state index is 0. The fraction of sp³-hybridized carbons (Fsp3) is 0.167. The van der Waals surface area contributed by atoms with E-state index in [1.807, 2.05) is 18.2 Å². The Labute approximate surface area is 74.6 Å². The van der Waals surface area contributed by atoms with Gasteiger partial charge in [-0.05, 0) is 22.9 Å². The Morgan fingerprint density at radius 3 is 2.50 bits per heavy atom. The Kier molecular flexibility index (Phi) is 4.06. The summed E-state index contributed by atoms with van der Waals surface area (Å²) in [6.45, 7) is 9.65. The molecule has 64 valence electrons. The first-order chi connectivity index (χ1) is 5.25. The first kappa shape index (κ1) is 10.7. The second kappa shape index (κ2) is 4.55. The number of rotatable bonds is 1. The van der Waals surface area contributed by atoms with Crippen molar-refractivity contribution in [3.8, 4) is 0 Å². The van der Waals surface area contributed by atoms with Crippen LogP contribution in [0, 0.1) is 6.92 Å². The van der Waals surface area contributed by atoms with E-state index in [1.165, 1.54) is 10.8 Å². The molecule has 0 heterocycles. The van der Waals surface area contributed by atoms with E-state index in [2.05, 4.69) is 26.1 Å². The molecule has 0 aliphatic heterocycles. The van der Waals surface area contributed by atoms with E-state index in [-0.39, 0.29) is 7.43 Å². The van der Waals surface area contributed by atoms with E-state index < -0.39 is 0 Å². The van der Waals surface area contributed by atoms with Crippen LogP contribution in [0.15, 0.2) is 30.9 Å². The highest BCUT2D eigenvalue weighted by Crippen LogP contribution is 1.83. The summed E-state index contributed by atoms with van der Waals surface area (Å²) in [6, 6.07) is 6.09. The predicted octanol–water partition coefficient (Wildman–Crippen LogP) is 2.01. The molecule has 0 saturated heterocycles. The number of benzene rings is 1. The summed E-state index contributed by atoms with van der Waals surface area (Å²) in [4.78, 5) is 0. The maximum Gasteiger partial charge on any atom is -0.0161 e. The third kappa shape index (κ3) is 2.09. The van der Waals surface area contributed by atoms with Gasteiger partial charge < -0.3 is 0 Å². The van der Waals surface area contributed by atoms with Crippen LogP contribution < -0.4 is 10.4 Å². The summed E-state index contributed by atoms with van der Waals surface area (Å²) >= 11 is 0. The number of hydrogen-bond donors (Lipinski definition) is 0. The molecule has 0 saturated carbocycles. The third-order valence-electron chi connectivity index (χ3n) is 1.70. The monoisotopic (exact) mass is 160 g/mol. The van der Waals surface area contributed by atoms with Gasteiger partial charge in [0, 0.05) is 0 Å². The Morgan fingerprint density at radius 1 is 1.33 bits per heavy atom. The van der Waals surface area contributed by atoms with Crippen molar-refractivity contribution in [1.29, 1.82) is 0 Å². The van der Waals surface area contributed by atoms with Crippen molar-refractivity contribution in [2.45, 2.75) is 14.4 Å². The van der Waals surface area contributed by atoms with Crippen LogP contribution in [0.5, 0.6) is 0 Å². The average Bonchev–Trinajstić information content (AvgIpc) is 1.97. The standard InChI is InChI=1S/C11H12.CH4/c1-4-6-11-9(2)7-5-8-10(11)3;/h4-8H,1-2H2,3H3;1H4/b11-6+;. The van der Waals surface area contributed by atoms with Crippen LogP contribution in [0.2, 0.25) is 0 Å². The van der Waals surface area contributed by atoms with Crippen LogP contribution in [0.4, 0.5) is 0 Å². The first-order valence-corrected chi connectivity index (χ1v) is 3.63. The van der Waals surface area contributed by atoms with Gasteiger partial charge in [0.05, 0.1) is 0 Å². The molecule has 0 nitrogen and oxygen atoms in total. The fourth-order valence-corrected chi connectivity index (χ4v) is 1.10. The van der Waals surface area contributed by atoms with Crippen LogP contribution in [0.1, 0.15) is 13.0 Å². The molecule has 0 atom stereocenters. The van der Waals surface area contributed by atoms with Gasteiger partial charge in [-0.25, -0.2) is 0 Å². The summed E-state index contributed by atoms with van der Waals surface area (Å²) in [5.41, 5.74) is 1.25. The van der Waals surface area contributed by atoms with Crippen molar-refractivity contribution in [3.05, 3.63) is 46.9 Å². The molecule has 0 aliphatic carbocycles. The van der Waals surface area contributed by atoms with Gasteiger partial charge in [0.1, 0.15) is 0 Å². The highest BCUT2D eigenvalue weighted by molar-refractivity contribution is 5.39. The van der Waals surface area contributed by atoms with Crippen molar-refractivity contribution in [2.75, 3.05) is 0 Å². The van der Waals surface area contributed by atoms with Gasteiger partial charge in [-0.2, -0.15) is 0 Å². The lowest BCUT2D eigenvalue weighted by Gasteiger charge is -1.92. The van der Waals surface area contributed by atoms with E-state index in [0.29, 0.717) is 0 Å². The number of allylic oxidation sites excluding steroid dienone is 1. The molecule has 12 heavy (non-hydrogen) atoms. The van der Waals surface area contributed by atoms with Crippen molar-refractivity contribution in [1.82, 2.24) is 0 Å². The van der Waals surface area contributed by atoms with Crippen molar-refractivity contribution in [2.24, 2.45) is 0 Å². The maximum atomic E-state index is 3.92. The number of aryl methyl sites for hydroxylation is 1. The van der Waals surface area contributed by atoms with Crippen molar-refractivity contribution < 1.29 is 0 Å². The van der Waals surface area contributed by atoms with Crippen LogP contribution in [0.3, 0.4) is 0 Å². The SMILES string of the molecule is C.C=C/C=c1/c(C)cccc1=C. The zero-order chi connectivity index (χ0) is 8.27. The van der Waals surface area contributed by atoms with Gasteiger partial charge in [0.2, 0.25) is 0 Å². The largest absolute Gasteiger partial charge is 0.0990 e. The van der Waals surface area contributed by atoms with Gasteiger partial charge in [0.15, 0.2) is 0 Å². The van der Waals surface area contributed by atoms with Crippen LogP contribution in [-0.4, -0.2) is 0 Å².